The van der Waals surface area contributed by atoms with Crippen LogP contribution in [0.25, 0.3) is 0 Å². The summed E-state index contributed by atoms with van der Waals surface area (Å²) in [6, 6.07) is -0.170. The summed E-state index contributed by atoms with van der Waals surface area (Å²) in [7, 11) is 0. The van der Waals surface area contributed by atoms with Crippen molar-refractivity contribution in [1.82, 2.24) is 15.0 Å². The minimum atomic E-state index is -0.854. The second kappa shape index (κ2) is 7.10. The zero-order valence-corrected chi connectivity index (χ0v) is 13.2. The number of carboxylic acids is 1. The number of amides is 1. The Labute approximate surface area is 135 Å². The molecule has 23 heavy (non-hydrogen) atoms. The molecule has 1 N–H and O–H groups in total. The molecule has 7 nitrogen and oxygen atoms in total. The van der Waals surface area contributed by atoms with E-state index in [0.717, 1.165) is 31.5 Å². The number of hydrogen-bond donors (Lipinski definition) is 1. The third-order valence-corrected chi connectivity index (χ3v) is 4.86. The lowest BCUT2D eigenvalue weighted by Gasteiger charge is -2.23. The zero-order chi connectivity index (χ0) is 16.2. The van der Waals surface area contributed by atoms with Gasteiger partial charge in [0.15, 0.2) is 5.82 Å². The van der Waals surface area contributed by atoms with E-state index >= 15 is 0 Å². The molecule has 2 heterocycles. The molecule has 1 atom stereocenters. The molecular weight excluding hydrogens is 298 g/mol. The van der Waals surface area contributed by atoms with Gasteiger partial charge in [0.05, 0.1) is 6.42 Å². The molecule has 1 aromatic rings. The monoisotopic (exact) mass is 321 g/mol. The summed E-state index contributed by atoms with van der Waals surface area (Å²) in [6.07, 6.45) is 7.04. The fourth-order valence-corrected chi connectivity index (χ4v) is 3.65. The van der Waals surface area contributed by atoms with Crippen LogP contribution in [0.3, 0.4) is 0 Å². The van der Waals surface area contributed by atoms with Gasteiger partial charge in [-0.25, -0.2) is 0 Å². The number of rotatable bonds is 6. The number of nitrogens with zero attached hydrogens (tertiary/aromatic N) is 3. The number of aryl methyl sites for hydroxylation is 1. The maximum absolute atomic E-state index is 12.3. The van der Waals surface area contributed by atoms with E-state index in [9.17, 15) is 9.59 Å². The Hall–Kier alpha value is -1.92. The molecule has 1 saturated carbocycles. The quantitative estimate of drug-likeness (QED) is 0.862. The first-order valence-corrected chi connectivity index (χ1v) is 8.47. The first kappa shape index (κ1) is 16.0. The first-order valence-electron chi connectivity index (χ1n) is 8.47. The van der Waals surface area contributed by atoms with Crippen LogP contribution in [0.1, 0.15) is 69.0 Å². The maximum Gasteiger partial charge on any atom is 0.305 e. The minimum Gasteiger partial charge on any atom is -0.481 e. The van der Waals surface area contributed by atoms with Crippen molar-refractivity contribution < 1.29 is 19.2 Å². The van der Waals surface area contributed by atoms with Crippen molar-refractivity contribution in [3.8, 4) is 0 Å². The number of carboxylic acid groups (broad SMARTS) is 1. The van der Waals surface area contributed by atoms with Gasteiger partial charge in [0.25, 0.3) is 0 Å². The number of aromatic nitrogens is 2. The molecule has 1 aliphatic carbocycles. The predicted octanol–water partition coefficient (Wildman–Crippen LogP) is 2.13. The average Bonchev–Trinajstić information content (AvgIpc) is 3.24. The fourth-order valence-electron chi connectivity index (χ4n) is 3.65. The van der Waals surface area contributed by atoms with Gasteiger partial charge in [-0.15, -0.1) is 0 Å². The number of hydrogen-bond acceptors (Lipinski definition) is 5. The highest BCUT2D eigenvalue weighted by atomic mass is 16.5. The molecule has 3 rings (SSSR count). The van der Waals surface area contributed by atoms with Gasteiger partial charge in [-0.1, -0.05) is 18.0 Å². The Kier molecular flexibility index (Phi) is 4.93. The molecule has 2 aliphatic rings. The van der Waals surface area contributed by atoms with E-state index in [0.29, 0.717) is 31.2 Å². The van der Waals surface area contributed by atoms with Gasteiger partial charge in [0.1, 0.15) is 0 Å². The van der Waals surface area contributed by atoms with Crippen molar-refractivity contribution in [2.75, 3.05) is 6.54 Å². The lowest BCUT2D eigenvalue weighted by atomic mass is 10.1. The van der Waals surface area contributed by atoms with Crippen molar-refractivity contribution in [3.63, 3.8) is 0 Å². The van der Waals surface area contributed by atoms with E-state index in [1.807, 2.05) is 0 Å². The van der Waals surface area contributed by atoms with Crippen LogP contribution in [0.15, 0.2) is 4.52 Å². The molecular formula is C16H23N3O4. The van der Waals surface area contributed by atoms with Gasteiger partial charge < -0.3 is 14.5 Å². The van der Waals surface area contributed by atoms with E-state index in [1.165, 1.54) is 12.8 Å². The van der Waals surface area contributed by atoms with Crippen molar-refractivity contribution >= 4 is 11.9 Å². The highest BCUT2D eigenvalue weighted by Crippen LogP contribution is 2.32. The van der Waals surface area contributed by atoms with E-state index in [2.05, 4.69) is 10.1 Å². The third-order valence-electron chi connectivity index (χ3n) is 4.86. The molecule has 0 aromatic carbocycles. The van der Waals surface area contributed by atoms with Crippen molar-refractivity contribution in [2.45, 2.75) is 69.7 Å². The van der Waals surface area contributed by atoms with Gasteiger partial charge in [0, 0.05) is 31.3 Å². The second-order valence-electron chi connectivity index (χ2n) is 6.51. The van der Waals surface area contributed by atoms with Crippen LogP contribution in [-0.2, 0) is 16.0 Å². The van der Waals surface area contributed by atoms with Gasteiger partial charge in [-0.2, -0.15) is 4.98 Å². The largest absolute Gasteiger partial charge is 0.481 e. The lowest BCUT2D eigenvalue weighted by Crippen LogP contribution is -2.36. The van der Waals surface area contributed by atoms with E-state index in [4.69, 9.17) is 9.63 Å². The van der Waals surface area contributed by atoms with E-state index < -0.39 is 5.97 Å². The Morgan fingerprint density at radius 3 is 2.74 bits per heavy atom. The van der Waals surface area contributed by atoms with Gasteiger partial charge >= 0.3 is 5.97 Å². The summed E-state index contributed by atoms with van der Waals surface area (Å²) in [4.78, 5) is 29.3. The average molecular weight is 321 g/mol. The van der Waals surface area contributed by atoms with Crippen LogP contribution in [0.4, 0.5) is 0 Å². The molecule has 0 spiro atoms. The summed E-state index contributed by atoms with van der Waals surface area (Å²) in [6.45, 7) is 0.647. The predicted molar refractivity (Wildman–Crippen MR) is 80.8 cm³/mol. The van der Waals surface area contributed by atoms with Crippen LogP contribution < -0.4 is 0 Å². The summed E-state index contributed by atoms with van der Waals surface area (Å²) in [5.41, 5.74) is 0. The fraction of sp³-hybridized carbons (Fsp3) is 0.750. The molecule has 1 saturated heterocycles. The topological polar surface area (TPSA) is 96.5 Å². The van der Waals surface area contributed by atoms with Crippen LogP contribution in [0.2, 0.25) is 0 Å². The van der Waals surface area contributed by atoms with Gasteiger partial charge in [-0.3, -0.25) is 9.59 Å². The molecule has 1 aliphatic heterocycles. The molecule has 126 valence electrons. The number of likely N-dealkylation sites (tertiary alicyclic amines) is 1. The van der Waals surface area contributed by atoms with E-state index in [1.54, 1.807) is 4.90 Å². The van der Waals surface area contributed by atoms with Crippen LogP contribution in [0, 0.1) is 0 Å². The third kappa shape index (κ3) is 3.89. The molecule has 0 radical (unpaired) electrons. The molecule has 1 unspecified atom stereocenters. The highest BCUT2D eigenvalue weighted by molar-refractivity contribution is 5.78. The normalized spacial score (nSPS) is 21.9. The summed E-state index contributed by atoms with van der Waals surface area (Å²) < 4.78 is 5.26. The molecule has 1 aromatic heterocycles. The van der Waals surface area contributed by atoms with Crippen LogP contribution in [-0.4, -0.2) is 44.6 Å². The Morgan fingerprint density at radius 1 is 1.22 bits per heavy atom. The van der Waals surface area contributed by atoms with Gasteiger partial charge in [-0.05, 0) is 25.7 Å². The summed E-state index contributed by atoms with van der Waals surface area (Å²) in [5.74, 6) is 0.813. The maximum atomic E-state index is 12.3. The van der Waals surface area contributed by atoms with Crippen molar-refractivity contribution in [2.24, 2.45) is 0 Å². The Balaban J connectivity index is 1.51. The Morgan fingerprint density at radius 2 is 2.00 bits per heavy atom. The van der Waals surface area contributed by atoms with Gasteiger partial charge in [0.2, 0.25) is 11.8 Å². The molecule has 2 fully saturated rings. The van der Waals surface area contributed by atoms with Crippen LogP contribution in [0.5, 0.6) is 0 Å². The van der Waals surface area contributed by atoms with E-state index in [-0.39, 0.29) is 18.4 Å². The Bertz CT molecular complexity index is 565. The molecule has 7 heteroatoms. The zero-order valence-electron chi connectivity index (χ0n) is 13.2. The number of carbonyl (C=O) groups excluding carboxylic acids is 1. The van der Waals surface area contributed by atoms with Crippen molar-refractivity contribution in [3.05, 3.63) is 11.7 Å². The molecule has 0 bridgehead atoms. The number of aliphatic carboxylic acids is 1. The number of carbonyl (C=O) groups is 2. The van der Waals surface area contributed by atoms with Crippen LogP contribution >= 0.6 is 0 Å². The minimum absolute atomic E-state index is 0.0191. The second-order valence-corrected chi connectivity index (χ2v) is 6.51. The summed E-state index contributed by atoms with van der Waals surface area (Å²) in [5, 5.41) is 13.0. The standard InChI is InChI=1S/C16H23N3O4/c20-14(19-9-3-6-12(19)10-15(21)22)8-7-13-17-16(18-23-13)11-4-1-2-5-11/h11-12H,1-10H2,(H,21,22). The first-order chi connectivity index (χ1) is 11.1. The lowest BCUT2D eigenvalue weighted by molar-refractivity contribution is -0.139. The molecule has 1 amide bonds. The SMILES string of the molecule is O=C(O)CC1CCCN1C(=O)CCc1nc(C2CCCC2)no1. The highest BCUT2D eigenvalue weighted by Gasteiger charge is 2.30. The smallest absolute Gasteiger partial charge is 0.305 e. The van der Waals surface area contributed by atoms with Crippen molar-refractivity contribution in [1.29, 1.82) is 0 Å². The summed E-state index contributed by atoms with van der Waals surface area (Å²) >= 11 is 0.